The summed E-state index contributed by atoms with van der Waals surface area (Å²) in [5.41, 5.74) is 7.29. The van der Waals surface area contributed by atoms with E-state index in [4.69, 9.17) is 15.0 Å². The Morgan fingerprint density at radius 3 is 2.80 bits per heavy atom. The molecule has 1 aromatic carbocycles. The maximum Gasteiger partial charge on any atom is 0.260 e. The van der Waals surface area contributed by atoms with Crippen LogP contribution in [0, 0.1) is 0 Å². The molecule has 2 N–H and O–H groups in total. The molecule has 0 saturated carbocycles. The van der Waals surface area contributed by atoms with E-state index in [0.717, 1.165) is 21.8 Å². The van der Waals surface area contributed by atoms with E-state index in [0.29, 0.717) is 23.0 Å². The third-order valence-corrected chi connectivity index (χ3v) is 4.00. The summed E-state index contributed by atoms with van der Waals surface area (Å²) >= 11 is 6.82. The molecule has 0 aliphatic carbocycles. The number of anilines is 1. The monoisotopic (exact) mass is 403 g/mol. The smallest absolute Gasteiger partial charge is 0.260 e. The summed E-state index contributed by atoms with van der Waals surface area (Å²) in [7, 11) is 1.64. The van der Waals surface area contributed by atoms with Crippen molar-refractivity contribution in [1.29, 1.82) is 0 Å². The van der Waals surface area contributed by atoms with Crippen LogP contribution >= 0.6 is 31.9 Å². The Kier molecular flexibility index (Phi) is 5.17. The molecular weight excluding hydrogens is 390 g/mol. The van der Waals surface area contributed by atoms with Gasteiger partial charge in [0.25, 0.3) is 5.89 Å². The van der Waals surface area contributed by atoms with Crippen LogP contribution in [0.1, 0.15) is 31.7 Å². The average Bonchev–Trinajstić information content (AvgIpc) is 2.89. The number of nitrogens with zero attached hydrogens (tertiary/aromatic N) is 2. The largest absolute Gasteiger partial charge is 0.397 e. The first kappa shape index (κ1) is 15.5. The van der Waals surface area contributed by atoms with Gasteiger partial charge in [-0.05, 0) is 34.5 Å². The van der Waals surface area contributed by atoms with Gasteiger partial charge >= 0.3 is 0 Å². The zero-order valence-corrected chi connectivity index (χ0v) is 14.4. The molecule has 1 aromatic heterocycles. The van der Waals surface area contributed by atoms with Crippen molar-refractivity contribution in [2.24, 2.45) is 0 Å². The van der Waals surface area contributed by atoms with E-state index < -0.39 is 0 Å². The second kappa shape index (κ2) is 6.69. The van der Waals surface area contributed by atoms with Crippen LogP contribution in [-0.2, 0) is 4.74 Å². The number of hydrogen-bond donors (Lipinski definition) is 1. The molecule has 7 heteroatoms. The highest BCUT2D eigenvalue weighted by molar-refractivity contribution is 9.11. The van der Waals surface area contributed by atoms with Gasteiger partial charge in [0.2, 0.25) is 5.82 Å². The standard InChI is InChI=1S/C13H15Br2N3O2/c1-3-4-10(19-2)12-17-13(20-18-12)8-5-7(14)6-9(15)11(8)16/h5-6,10H,3-4,16H2,1-2H3. The number of aromatic nitrogens is 2. The highest BCUT2D eigenvalue weighted by atomic mass is 79.9. The summed E-state index contributed by atoms with van der Waals surface area (Å²) in [4.78, 5) is 4.39. The first-order valence-electron chi connectivity index (χ1n) is 6.18. The lowest BCUT2D eigenvalue weighted by Crippen LogP contribution is -2.03. The van der Waals surface area contributed by atoms with Gasteiger partial charge in [-0.1, -0.05) is 34.4 Å². The first-order chi connectivity index (χ1) is 9.56. The highest BCUT2D eigenvalue weighted by Gasteiger charge is 2.20. The molecular formula is C13H15Br2N3O2. The molecule has 0 saturated heterocycles. The second-order valence-corrected chi connectivity index (χ2v) is 6.09. The Bertz CT molecular complexity index is 601. The van der Waals surface area contributed by atoms with Crippen LogP contribution in [0.25, 0.3) is 11.5 Å². The fraction of sp³-hybridized carbons (Fsp3) is 0.385. The molecule has 0 aliphatic heterocycles. The molecule has 0 amide bonds. The van der Waals surface area contributed by atoms with Gasteiger partial charge in [0.15, 0.2) is 0 Å². The Morgan fingerprint density at radius 2 is 2.15 bits per heavy atom. The summed E-state index contributed by atoms with van der Waals surface area (Å²) in [5, 5.41) is 3.99. The molecule has 20 heavy (non-hydrogen) atoms. The number of halogens is 2. The summed E-state index contributed by atoms with van der Waals surface area (Å²) < 4.78 is 12.3. The quantitative estimate of drug-likeness (QED) is 0.750. The lowest BCUT2D eigenvalue weighted by Gasteiger charge is -2.08. The minimum absolute atomic E-state index is 0.158. The van der Waals surface area contributed by atoms with E-state index in [1.807, 2.05) is 12.1 Å². The van der Waals surface area contributed by atoms with Gasteiger partial charge in [-0.25, -0.2) is 0 Å². The van der Waals surface area contributed by atoms with Crippen LogP contribution in [0.5, 0.6) is 0 Å². The first-order valence-corrected chi connectivity index (χ1v) is 7.76. The molecule has 1 atom stereocenters. The Labute approximate surface area is 134 Å². The summed E-state index contributed by atoms with van der Waals surface area (Å²) in [6.45, 7) is 2.08. The van der Waals surface area contributed by atoms with Crippen LogP contribution in [0.4, 0.5) is 5.69 Å². The zero-order valence-electron chi connectivity index (χ0n) is 11.2. The molecule has 2 aromatic rings. The fourth-order valence-electron chi connectivity index (χ4n) is 1.85. The van der Waals surface area contributed by atoms with E-state index in [9.17, 15) is 0 Å². The maximum atomic E-state index is 6.03. The van der Waals surface area contributed by atoms with Gasteiger partial charge in [0, 0.05) is 16.1 Å². The zero-order chi connectivity index (χ0) is 14.7. The Balaban J connectivity index is 2.38. The topological polar surface area (TPSA) is 74.2 Å². The van der Waals surface area contributed by atoms with E-state index in [2.05, 4.69) is 48.9 Å². The van der Waals surface area contributed by atoms with Gasteiger partial charge in [-0.3, -0.25) is 0 Å². The van der Waals surface area contributed by atoms with Crippen molar-refractivity contribution in [3.8, 4) is 11.5 Å². The fourth-order valence-corrected chi connectivity index (χ4v) is 3.08. The van der Waals surface area contributed by atoms with Crippen molar-refractivity contribution in [2.75, 3.05) is 12.8 Å². The van der Waals surface area contributed by atoms with Crippen LogP contribution < -0.4 is 5.73 Å². The van der Waals surface area contributed by atoms with Crippen molar-refractivity contribution >= 4 is 37.5 Å². The second-order valence-electron chi connectivity index (χ2n) is 4.32. The lowest BCUT2D eigenvalue weighted by atomic mass is 10.2. The average molecular weight is 405 g/mol. The third kappa shape index (κ3) is 3.21. The molecule has 2 rings (SSSR count). The number of nitrogens with two attached hydrogens (primary N) is 1. The van der Waals surface area contributed by atoms with Crippen molar-refractivity contribution in [3.05, 3.63) is 26.9 Å². The normalized spacial score (nSPS) is 12.6. The predicted molar refractivity (Wildman–Crippen MR) is 84.2 cm³/mol. The summed E-state index contributed by atoms with van der Waals surface area (Å²) in [6.07, 6.45) is 1.66. The van der Waals surface area contributed by atoms with E-state index in [1.165, 1.54) is 0 Å². The lowest BCUT2D eigenvalue weighted by molar-refractivity contribution is 0.0854. The maximum absolute atomic E-state index is 6.03. The Morgan fingerprint density at radius 1 is 1.40 bits per heavy atom. The molecule has 0 radical (unpaired) electrons. The minimum Gasteiger partial charge on any atom is -0.397 e. The van der Waals surface area contributed by atoms with Crippen LogP contribution in [0.2, 0.25) is 0 Å². The highest BCUT2D eigenvalue weighted by Crippen LogP contribution is 2.35. The third-order valence-electron chi connectivity index (χ3n) is 2.89. The predicted octanol–water partition coefficient (Wildman–Crippen LogP) is 4.33. The van der Waals surface area contributed by atoms with Crippen molar-refractivity contribution in [2.45, 2.75) is 25.9 Å². The molecule has 5 nitrogen and oxygen atoms in total. The van der Waals surface area contributed by atoms with Crippen LogP contribution in [0.3, 0.4) is 0 Å². The van der Waals surface area contributed by atoms with Gasteiger partial charge in [-0.2, -0.15) is 4.98 Å². The van der Waals surface area contributed by atoms with Crippen molar-refractivity contribution < 1.29 is 9.26 Å². The number of ether oxygens (including phenoxy) is 1. The summed E-state index contributed by atoms with van der Waals surface area (Å²) in [6, 6.07) is 3.71. The molecule has 1 unspecified atom stereocenters. The number of rotatable bonds is 5. The van der Waals surface area contributed by atoms with Crippen LogP contribution in [0.15, 0.2) is 25.6 Å². The SMILES string of the molecule is CCCC(OC)c1noc(-c2cc(Br)cc(Br)c2N)n1. The van der Waals surface area contributed by atoms with Gasteiger partial charge in [0.1, 0.15) is 6.10 Å². The van der Waals surface area contributed by atoms with Crippen molar-refractivity contribution in [1.82, 2.24) is 10.1 Å². The van der Waals surface area contributed by atoms with Gasteiger partial charge in [-0.15, -0.1) is 0 Å². The molecule has 0 spiro atoms. The van der Waals surface area contributed by atoms with Crippen molar-refractivity contribution in [3.63, 3.8) is 0 Å². The number of nitrogen functional groups attached to an aromatic ring is 1. The van der Waals surface area contributed by atoms with E-state index >= 15 is 0 Å². The minimum atomic E-state index is -0.158. The van der Waals surface area contributed by atoms with Gasteiger partial charge < -0.3 is 15.0 Å². The number of methoxy groups -OCH3 is 1. The molecule has 108 valence electrons. The molecule has 1 heterocycles. The van der Waals surface area contributed by atoms with Gasteiger partial charge in [0.05, 0.1) is 11.3 Å². The molecule has 0 bridgehead atoms. The van der Waals surface area contributed by atoms with Crippen LogP contribution in [-0.4, -0.2) is 17.3 Å². The van der Waals surface area contributed by atoms with E-state index in [-0.39, 0.29) is 6.10 Å². The summed E-state index contributed by atoms with van der Waals surface area (Å²) in [5.74, 6) is 0.928. The van der Waals surface area contributed by atoms with E-state index in [1.54, 1.807) is 7.11 Å². The molecule has 0 fully saturated rings. The number of benzene rings is 1. The molecule has 0 aliphatic rings. The Hall–Kier alpha value is -0.920. The number of hydrogen-bond acceptors (Lipinski definition) is 5.